The number of alkyl halides is 4. The second-order valence-electron chi connectivity index (χ2n) is 4.96. The lowest BCUT2D eigenvalue weighted by atomic mass is 10.0. The van der Waals surface area contributed by atoms with Crippen LogP contribution in [-0.4, -0.2) is 17.8 Å². The predicted octanol–water partition coefficient (Wildman–Crippen LogP) is 4.10. The Hall–Kier alpha value is 0.0400. The van der Waals surface area contributed by atoms with Crippen LogP contribution >= 0.6 is 11.6 Å². The van der Waals surface area contributed by atoms with Gasteiger partial charge < -0.3 is 4.74 Å². The van der Waals surface area contributed by atoms with E-state index in [2.05, 4.69) is 4.74 Å². The zero-order chi connectivity index (χ0) is 11.8. The van der Waals surface area contributed by atoms with Crippen molar-refractivity contribution in [3.05, 3.63) is 0 Å². The second-order valence-corrected chi connectivity index (χ2v) is 5.34. The average molecular weight is 257 g/mol. The third-order valence-corrected chi connectivity index (χ3v) is 3.69. The maximum atomic E-state index is 12.9. The van der Waals surface area contributed by atoms with Crippen LogP contribution in [-0.2, 0) is 4.74 Å². The van der Waals surface area contributed by atoms with Crippen LogP contribution in [0.3, 0.4) is 0 Å². The molecule has 0 N–H and O–H groups in total. The highest BCUT2D eigenvalue weighted by Gasteiger charge is 2.44. The van der Waals surface area contributed by atoms with Gasteiger partial charge in [0.25, 0.3) is 5.63 Å². The van der Waals surface area contributed by atoms with Crippen molar-refractivity contribution in [1.82, 2.24) is 0 Å². The minimum absolute atomic E-state index is 0.474. The minimum atomic E-state index is -3.85. The van der Waals surface area contributed by atoms with E-state index >= 15 is 0 Å². The van der Waals surface area contributed by atoms with Crippen LogP contribution in [0.1, 0.15) is 38.5 Å². The van der Waals surface area contributed by atoms with Crippen LogP contribution in [0.5, 0.6) is 0 Å². The summed E-state index contributed by atoms with van der Waals surface area (Å²) < 4.78 is 42.5. The molecule has 5 heteroatoms. The quantitative estimate of drug-likeness (QED) is 0.673. The van der Waals surface area contributed by atoms with E-state index in [1.54, 1.807) is 0 Å². The first-order chi connectivity index (χ1) is 7.47. The molecule has 0 radical (unpaired) electrons. The maximum Gasteiger partial charge on any atom is 0.401 e. The first kappa shape index (κ1) is 12.5. The fourth-order valence-corrected chi connectivity index (χ4v) is 2.50. The van der Waals surface area contributed by atoms with Crippen molar-refractivity contribution in [2.45, 2.75) is 56.4 Å². The lowest BCUT2D eigenvalue weighted by molar-refractivity contribution is -0.277. The number of rotatable bonds is 5. The summed E-state index contributed by atoms with van der Waals surface area (Å²) in [7, 11) is 0. The van der Waals surface area contributed by atoms with E-state index in [4.69, 9.17) is 11.6 Å². The van der Waals surface area contributed by atoms with E-state index < -0.39 is 17.8 Å². The van der Waals surface area contributed by atoms with Crippen LogP contribution in [0, 0.1) is 11.8 Å². The molecule has 0 aliphatic heterocycles. The number of hydrogen-bond acceptors (Lipinski definition) is 1. The maximum absolute atomic E-state index is 12.9. The molecule has 2 saturated carbocycles. The number of hydrogen-bond donors (Lipinski definition) is 0. The van der Waals surface area contributed by atoms with Gasteiger partial charge in [-0.3, -0.25) is 0 Å². The van der Waals surface area contributed by atoms with E-state index in [1.165, 1.54) is 12.8 Å². The molecule has 0 aromatic carbocycles. The molecule has 1 nitrogen and oxygen atoms in total. The number of halogens is 4. The standard InChI is InChI=1S/C11H16ClF3O/c12-10(13)11(14,15)16-9-4-3-8(6-9)5-7-1-2-7/h7-10H,1-6H2. The van der Waals surface area contributed by atoms with Crippen LogP contribution in [0.4, 0.5) is 13.2 Å². The molecule has 0 bridgehead atoms. The lowest BCUT2D eigenvalue weighted by Crippen LogP contribution is -2.33. The van der Waals surface area contributed by atoms with Crippen molar-refractivity contribution in [2.75, 3.05) is 0 Å². The van der Waals surface area contributed by atoms with Gasteiger partial charge in [0.15, 0.2) is 0 Å². The highest BCUT2D eigenvalue weighted by Crippen LogP contribution is 2.42. The van der Waals surface area contributed by atoms with Gasteiger partial charge in [0, 0.05) is 0 Å². The molecule has 0 aromatic heterocycles. The van der Waals surface area contributed by atoms with Gasteiger partial charge in [0.1, 0.15) is 0 Å². The van der Waals surface area contributed by atoms with Crippen LogP contribution in [0.25, 0.3) is 0 Å². The Morgan fingerprint density at radius 2 is 1.81 bits per heavy atom. The molecule has 0 heterocycles. The zero-order valence-corrected chi connectivity index (χ0v) is 9.73. The van der Waals surface area contributed by atoms with E-state index in [1.807, 2.05) is 0 Å². The topological polar surface area (TPSA) is 9.23 Å². The second kappa shape index (κ2) is 4.73. The van der Waals surface area contributed by atoms with E-state index in [0.717, 1.165) is 18.8 Å². The summed E-state index contributed by atoms with van der Waals surface area (Å²) in [5.41, 5.74) is -2.75. The molecular formula is C11H16ClF3O. The Balaban J connectivity index is 1.75. The fraction of sp³-hybridized carbons (Fsp3) is 1.00. The van der Waals surface area contributed by atoms with Crippen molar-refractivity contribution < 1.29 is 17.9 Å². The van der Waals surface area contributed by atoms with Crippen molar-refractivity contribution in [3.8, 4) is 0 Å². The molecule has 0 aromatic rings. The van der Waals surface area contributed by atoms with Gasteiger partial charge in [-0.05, 0) is 37.5 Å². The van der Waals surface area contributed by atoms with Gasteiger partial charge in [-0.15, -0.1) is 0 Å². The van der Waals surface area contributed by atoms with Crippen LogP contribution in [0.15, 0.2) is 0 Å². The molecule has 2 fully saturated rings. The monoisotopic (exact) mass is 256 g/mol. The molecule has 0 saturated heterocycles. The molecular weight excluding hydrogens is 241 g/mol. The van der Waals surface area contributed by atoms with Gasteiger partial charge in [0.2, 0.25) is 0 Å². The highest BCUT2D eigenvalue weighted by molar-refractivity contribution is 6.20. The summed E-state index contributed by atoms with van der Waals surface area (Å²) in [5.74, 6) is 1.27. The van der Waals surface area contributed by atoms with Gasteiger partial charge in [-0.25, -0.2) is 4.39 Å². The molecule has 3 unspecified atom stereocenters. The van der Waals surface area contributed by atoms with E-state index in [9.17, 15) is 13.2 Å². The van der Waals surface area contributed by atoms with Crippen molar-refractivity contribution in [1.29, 1.82) is 0 Å². The Labute approximate surface area is 98.3 Å². The van der Waals surface area contributed by atoms with Crippen LogP contribution < -0.4 is 0 Å². The van der Waals surface area contributed by atoms with Gasteiger partial charge in [0.05, 0.1) is 6.10 Å². The predicted molar refractivity (Wildman–Crippen MR) is 55.3 cm³/mol. The summed E-state index contributed by atoms with van der Waals surface area (Å²) in [4.78, 5) is 0. The zero-order valence-electron chi connectivity index (χ0n) is 8.97. The van der Waals surface area contributed by atoms with E-state index in [-0.39, 0.29) is 0 Å². The molecule has 16 heavy (non-hydrogen) atoms. The fourth-order valence-electron chi connectivity index (χ4n) is 2.45. The smallest absolute Gasteiger partial charge is 0.314 e. The molecule has 2 aliphatic rings. The Morgan fingerprint density at radius 1 is 1.19 bits per heavy atom. The van der Waals surface area contributed by atoms with Crippen LogP contribution in [0.2, 0.25) is 0 Å². The average Bonchev–Trinajstić information content (AvgIpc) is 2.87. The SMILES string of the molecule is FC(Cl)C(F)(F)OC1CCC(CC2CC2)C1. The summed E-state index contributed by atoms with van der Waals surface area (Å²) >= 11 is 4.74. The van der Waals surface area contributed by atoms with Crippen molar-refractivity contribution in [2.24, 2.45) is 11.8 Å². The van der Waals surface area contributed by atoms with Gasteiger partial charge in [-0.1, -0.05) is 24.4 Å². The molecule has 3 atom stereocenters. The first-order valence-electron chi connectivity index (χ1n) is 5.81. The highest BCUT2D eigenvalue weighted by atomic mass is 35.5. The molecule has 0 spiro atoms. The normalized spacial score (nSPS) is 33.0. The summed E-state index contributed by atoms with van der Waals surface area (Å²) in [6.45, 7) is 0. The summed E-state index contributed by atoms with van der Waals surface area (Å²) in [6.07, 6.45) is 1.41. The first-order valence-corrected chi connectivity index (χ1v) is 6.25. The third-order valence-electron chi connectivity index (χ3n) is 3.43. The molecule has 94 valence electrons. The molecule has 0 amide bonds. The van der Waals surface area contributed by atoms with E-state index in [0.29, 0.717) is 18.8 Å². The Morgan fingerprint density at radius 3 is 2.38 bits per heavy atom. The lowest BCUT2D eigenvalue weighted by Gasteiger charge is -2.21. The third kappa shape index (κ3) is 3.27. The van der Waals surface area contributed by atoms with Crippen molar-refractivity contribution >= 4 is 11.6 Å². The Bertz CT molecular complexity index is 243. The summed E-state index contributed by atoms with van der Waals surface area (Å²) in [5, 5.41) is 0. The summed E-state index contributed by atoms with van der Waals surface area (Å²) in [6, 6.07) is 0. The minimum Gasteiger partial charge on any atom is -0.314 e. The van der Waals surface area contributed by atoms with Crippen molar-refractivity contribution in [3.63, 3.8) is 0 Å². The van der Waals surface area contributed by atoms with Gasteiger partial charge in [-0.2, -0.15) is 8.78 Å². The van der Waals surface area contributed by atoms with Gasteiger partial charge >= 0.3 is 6.11 Å². The number of ether oxygens (including phenoxy) is 1. The largest absolute Gasteiger partial charge is 0.401 e. The Kier molecular flexibility index (Phi) is 3.69. The molecule has 2 aliphatic carbocycles. The molecule has 2 rings (SSSR count).